The maximum absolute atomic E-state index is 15.3. The fourth-order valence-corrected chi connectivity index (χ4v) is 6.99. The van der Waals surface area contributed by atoms with Gasteiger partial charge in [0.2, 0.25) is 10.0 Å². The van der Waals surface area contributed by atoms with Crippen LogP contribution in [-0.2, 0) is 26.8 Å². The second kappa shape index (κ2) is 9.38. The molecular weight excluding hydrogens is 492 g/mol. The summed E-state index contributed by atoms with van der Waals surface area (Å²) in [6.45, 7) is 1.36. The van der Waals surface area contributed by atoms with Crippen LogP contribution in [0.15, 0.2) is 59.5 Å². The molecule has 3 aromatic rings. The zero-order valence-corrected chi connectivity index (χ0v) is 20.3. The first-order chi connectivity index (χ1) is 17.2. The molecule has 0 radical (unpaired) electrons. The van der Waals surface area contributed by atoms with Crippen molar-refractivity contribution in [3.8, 4) is 0 Å². The normalized spacial score (nSPS) is 23.1. The number of sulfonamides is 1. The van der Waals surface area contributed by atoms with Crippen LogP contribution in [0.2, 0.25) is 0 Å². The van der Waals surface area contributed by atoms with E-state index in [1.807, 2.05) is 6.07 Å². The zero-order chi connectivity index (χ0) is 25.5. The van der Waals surface area contributed by atoms with Crippen molar-refractivity contribution in [1.29, 1.82) is 0 Å². The van der Waals surface area contributed by atoms with Gasteiger partial charge in [0.25, 0.3) is 5.91 Å². The minimum absolute atomic E-state index is 0.00367. The summed E-state index contributed by atoms with van der Waals surface area (Å²) < 4.78 is 68.9. The lowest BCUT2D eigenvalue weighted by molar-refractivity contribution is -0.0751. The van der Waals surface area contributed by atoms with Crippen molar-refractivity contribution in [3.63, 3.8) is 0 Å². The number of halogens is 2. The molecule has 8 nitrogen and oxygen atoms in total. The first-order valence-corrected chi connectivity index (χ1v) is 13.0. The van der Waals surface area contributed by atoms with Crippen LogP contribution in [0.3, 0.4) is 0 Å². The topological polar surface area (TPSA) is 102 Å². The van der Waals surface area contributed by atoms with E-state index >= 15 is 8.78 Å². The van der Waals surface area contributed by atoms with E-state index in [4.69, 9.17) is 9.15 Å². The summed E-state index contributed by atoms with van der Waals surface area (Å²) in [4.78, 5) is 16.3. The number of amides is 1. The Morgan fingerprint density at radius 1 is 1.17 bits per heavy atom. The van der Waals surface area contributed by atoms with E-state index in [0.29, 0.717) is 18.4 Å². The molecule has 1 amide bonds. The quantitative estimate of drug-likeness (QED) is 0.536. The third kappa shape index (κ3) is 4.31. The molecule has 1 N–H and O–H groups in total. The van der Waals surface area contributed by atoms with Gasteiger partial charge in [-0.2, -0.15) is 4.31 Å². The van der Waals surface area contributed by atoms with Crippen LogP contribution in [0, 0.1) is 11.6 Å². The minimum atomic E-state index is -3.82. The van der Waals surface area contributed by atoms with Gasteiger partial charge in [-0.1, -0.05) is 30.3 Å². The lowest BCUT2D eigenvalue weighted by Crippen LogP contribution is -2.60. The number of nitrogens with one attached hydrogen (secondary N) is 1. The van der Waals surface area contributed by atoms with Crippen molar-refractivity contribution >= 4 is 15.9 Å². The average Bonchev–Trinajstić information content (AvgIpc) is 3.37. The molecule has 2 aromatic carbocycles. The van der Waals surface area contributed by atoms with Crippen LogP contribution >= 0.6 is 0 Å². The van der Waals surface area contributed by atoms with E-state index < -0.39 is 38.4 Å². The summed E-state index contributed by atoms with van der Waals surface area (Å²) in [6, 6.07) is 10.5. The molecule has 1 aromatic heterocycles. The Morgan fingerprint density at radius 3 is 2.56 bits per heavy atom. The van der Waals surface area contributed by atoms with Gasteiger partial charge < -0.3 is 14.5 Å². The highest BCUT2D eigenvalue weighted by Gasteiger charge is 2.45. The monoisotopic (exact) mass is 517 g/mol. The van der Waals surface area contributed by atoms with Crippen molar-refractivity contribution in [3.05, 3.63) is 89.1 Å². The van der Waals surface area contributed by atoms with Crippen LogP contribution < -0.4 is 5.32 Å². The standard InChI is InChI=1S/C25H25F2N3O5S/c1-16-7-8-23(17-5-3-2-4-6-17)36(32,33)30(16)11-18-9-21(27)19(10-20(18)26)25(13-35-14-25)29-24(31)22-12-34-15-28-22/h2-6,9-10,12,15-16,23H,7-8,11,13-14H2,1H3,(H,29,31)/t16-,23+/m0/s1. The van der Waals surface area contributed by atoms with Crippen LogP contribution in [0.25, 0.3) is 0 Å². The van der Waals surface area contributed by atoms with Gasteiger partial charge in [0.05, 0.1) is 13.2 Å². The van der Waals surface area contributed by atoms with Gasteiger partial charge in [0.15, 0.2) is 12.1 Å². The summed E-state index contributed by atoms with van der Waals surface area (Å²) in [5.41, 5.74) is -0.771. The number of hydrogen-bond acceptors (Lipinski definition) is 6. The third-order valence-corrected chi connectivity index (χ3v) is 9.26. The maximum Gasteiger partial charge on any atom is 0.274 e. The van der Waals surface area contributed by atoms with Gasteiger partial charge in [-0.05, 0) is 37.5 Å². The van der Waals surface area contributed by atoms with Crippen molar-refractivity contribution in [2.45, 2.75) is 43.1 Å². The first-order valence-electron chi connectivity index (χ1n) is 11.5. The highest BCUT2D eigenvalue weighted by atomic mass is 32.2. The van der Waals surface area contributed by atoms with Gasteiger partial charge in [0.1, 0.15) is 28.7 Å². The fourth-order valence-electron chi connectivity index (χ4n) is 4.80. The molecule has 0 bridgehead atoms. The largest absolute Gasteiger partial charge is 0.451 e. The molecule has 2 atom stereocenters. The van der Waals surface area contributed by atoms with E-state index in [9.17, 15) is 13.2 Å². The van der Waals surface area contributed by atoms with Crippen LogP contribution in [0.4, 0.5) is 8.78 Å². The molecule has 0 spiro atoms. The van der Waals surface area contributed by atoms with Gasteiger partial charge in [-0.3, -0.25) is 4.79 Å². The average molecular weight is 518 g/mol. The van der Waals surface area contributed by atoms with Crippen molar-refractivity contribution in [1.82, 2.24) is 14.6 Å². The summed E-state index contributed by atoms with van der Waals surface area (Å²) in [7, 11) is -3.82. The Morgan fingerprint density at radius 2 is 1.92 bits per heavy atom. The Balaban J connectivity index is 1.42. The second-order valence-electron chi connectivity index (χ2n) is 9.24. The number of carbonyl (C=O) groups excluding carboxylic acids is 1. The molecule has 36 heavy (non-hydrogen) atoms. The van der Waals surface area contributed by atoms with Crippen LogP contribution in [-0.4, -0.2) is 42.9 Å². The number of benzene rings is 2. The highest BCUT2D eigenvalue weighted by molar-refractivity contribution is 7.89. The Hall–Kier alpha value is -3.15. The molecule has 11 heteroatoms. The zero-order valence-electron chi connectivity index (χ0n) is 19.5. The van der Waals surface area contributed by atoms with Crippen LogP contribution in [0.5, 0.6) is 0 Å². The molecule has 2 aliphatic rings. The van der Waals surface area contributed by atoms with Gasteiger partial charge in [-0.15, -0.1) is 0 Å². The van der Waals surface area contributed by atoms with Crippen molar-refractivity contribution in [2.24, 2.45) is 0 Å². The van der Waals surface area contributed by atoms with E-state index in [-0.39, 0.29) is 42.6 Å². The number of aromatic nitrogens is 1. The molecular formula is C25H25F2N3O5S. The second-order valence-corrected chi connectivity index (χ2v) is 11.3. The lowest BCUT2D eigenvalue weighted by Gasteiger charge is -2.42. The van der Waals surface area contributed by atoms with Gasteiger partial charge in [-0.25, -0.2) is 22.2 Å². The predicted octanol–water partition coefficient (Wildman–Crippen LogP) is 3.66. The molecule has 2 saturated heterocycles. The first kappa shape index (κ1) is 24.5. The van der Waals surface area contributed by atoms with Crippen molar-refractivity contribution < 1.29 is 31.1 Å². The Kier molecular flexibility index (Phi) is 6.39. The van der Waals surface area contributed by atoms with Crippen molar-refractivity contribution in [2.75, 3.05) is 13.2 Å². The predicted molar refractivity (Wildman–Crippen MR) is 125 cm³/mol. The van der Waals surface area contributed by atoms with Gasteiger partial charge >= 0.3 is 0 Å². The SMILES string of the molecule is C[C@H]1CC[C@H](c2ccccc2)S(=O)(=O)N1Cc1cc(F)c(C2(NC(=O)c3cocn3)COC2)cc1F. The number of carbonyl (C=O) groups is 1. The highest BCUT2D eigenvalue weighted by Crippen LogP contribution is 2.39. The Bertz CT molecular complexity index is 1360. The number of hydrogen-bond donors (Lipinski definition) is 1. The fraction of sp³-hybridized carbons (Fsp3) is 0.360. The molecule has 0 saturated carbocycles. The summed E-state index contributed by atoms with van der Waals surface area (Å²) in [5, 5.41) is 1.92. The maximum atomic E-state index is 15.3. The number of oxazole rings is 1. The minimum Gasteiger partial charge on any atom is -0.451 e. The lowest BCUT2D eigenvalue weighted by atomic mass is 9.86. The molecule has 0 aliphatic carbocycles. The molecule has 3 heterocycles. The summed E-state index contributed by atoms with van der Waals surface area (Å²) >= 11 is 0. The number of ether oxygens (including phenoxy) is 1. The number of nitrogens with zero attached hydrogens (tertiary/aromatic N) is 2. The summed E-state index contributed by atoms with van der Waals surface area (Å²) in [5.74, 6) is -2.15. The van der Waals surface area contributed by atoms with Gasteiger partial charge in [0, 0.05) is 23.7 Å². The van der Waals surface area contributed by atoms with E-state index in [2.05, 4.69) is 10.3 Å². The number of rotatable bonds is 6. The summed E-state index contributed by atoms with van der Waals surface area (Å²) in [6.07, 6.45) is 3.28. The third-order valence-electron chi connectivity index (χ3n) is 6.89. The molecule has 0 unspecified atom stereocenters. The smallest absolute Gasteiger partial charge is 0.274 e. The van der Waals surface area contributed by atoms with E-state index in [1.165, 1.54) is 4.31 Å². The van der Waals surface area contributed by atoms with E-state index in [1.54, 1.807) is 31.2 Å². The molecule has 5 rings (SSSR count). The van der Waals surface area contributed by atoms with E-state index in [0.717, 1.165) is 24.8 Å². The Labute approximate surface area is 207 Å². The van der Waals surface area contributed by atoms with Crippen LogP contribution in [0.1, 0.15) is 52.2 Å². The molecule has 190 valence electrons. The molecule has 2 aliphatic heterocycles. The molecule has 2 fully saturated rings.